The Balaban J connectivity index is 1.59. The quantitative estimate of drug-likeness (QED) is 0.387. The van der Waals surface area contributed by atoms with Crippen LogP contribution in [0.3, 0.4) is 0 Å². The molecule has 0 spiro atoms. The Morgan fingerprint density at radius 3 is 2.53 bits per heavy atom. The van der Waals surface area contributed by atoms with Gasteiger partial charge in [-0.25, -0.2) is 0 Å². The van der Waals surface area contributed by atoms with Gasteiger partial charge in [-0.15, -0.1) is 0 Å². The Kier molecular flexibility index (Phi) is 4.47. The number of aryl methyl sites for hydroxylation is 1. The molecule has 5 nitrogen and oxygen atoms in total. The maximum atomic E-state index is 12.6. The van der Waals surface area contributed by atoms with Crippen molar-refractivity contribution >= 4 is 46.1 Å². The zero-order valence-corrected chi connectivity index (χ0v) is 17.8. The highest BCUT2D eigenvalue weighted by molar-refractivity contribution is 7.07. The van der Waals surface area contributed by atoms with E-state index in [9.17, 15) is 15.0 Å². The Morgan fingerprint density at radius 2 is 1.93 bits per heavy atom. The summed E-state index contributed by atoms with van der Waals surface area (Å²) in [5.74, 6) is -0.449. The maximum absolute atomic E-state index is 12.6. The molecule has 3 N–H and O–H groups in total. The minimum Gasteiger partial charge on any atom is -0.506 e. The standard InChI is InChI=1S/C23H19ClN2O3S/c1-12-8-19(30-26-12)21(28)20-16-9-15(17(24)10-18(16)25-22(20)29)13-2-4-14(5-3-13)23(11-27)6-7-23/h2-5,8-10,27-28H,6-7,11H2,1H3,(H,25,29). The van der Waals surface area contributed by atoms with E-state index in [0.29, 0.717) is 21.2 Å². The fourth-order valence-corrected chi connectivity index (χ4v) is 4.92. The minimum atomic E-state index is -0.365. The number of hydrogen-bond acceptors (Lipinski definition) is 5. The van der Waals surface area contributed by atoms with Crippen LogP contribution in [0.2, 0.25) is 5.02 Å². The minimum absolute atomic E-state index is 0.0842. The summed E-state index contributed by atoms with van der Waals surface area (Å²) in [4.78, 5) is 13.1. The van der Waals surface area contributed by atoms with E-state index in [1.165, 1.54) is 0 Å². The smallest absolute Gasteiger partial charge is 0.260 e. The third-order valence-electron chi connectivity index (χ3n) is 5.91. The molecule has 1 amide bonds. The summed E-state index contributed by atoms with van der Waals surface area (Å²) in [7, 11) is 0. The zero-order chi connectivity index (χ0) is 21.0. The second kappa shape index (κ2) is 6.94. The molecule has 2 aromatic carbocycles. The van der Waals surface area contributed by atoms with Crippen molar-refractivity contribution in [2.75, 3.05) is 11.9 Å². The topological polar surface area (TPSA) is 82.5 Å². The van der Waals surface area contributed by atoms with Crippen LogP contribution in [-0.4, -0.2) is 27.1 Å². The van der Waals surface area contributed by atoms with Crippen LogP contribution in [0.5, 0.6) is 0 Å². The number of hydrogen-bond donors (Lipinski definition) is 3. The average molecular weight is 439 g/mol. The lowest BCUT2D eigenvalue weighted by Gasteiger charge is -2.14. The molecule has 0 saturated heterocycles. The summed E-state index contributed by atoms with van der Waals surface area (Å²) in [6, 6.07) is 13.3. The van der Waals surface area contributed by atoms with E-state index < -0.39 is 0 Å². The van der Waals surface area contributed by atoms with Crippen LogP contribution in [0.1, 0.15) is 34.5 Å². The first kappa shape index (κ1) is 19.3. The number of nitrogens with zero attached hydrogens (tertiary/aromatic N) is 1. The summed E-state index contributed by atoms with van der Waals surface area (Å²) in [6.45, 7) is 1.99. The lowest BCUT2D eigenvalue weighted by molar-refractivity contribution is -0.110. The van der Waals surface area contributed by atoms with E-state index in [-0.39, 0.29) is 29.3 Å². The van der Waals surface area contributed by atoms with E-state index in [1.807, 2.05) is 37.3 Å². The van der Waals surface area contributed by atoms with E-state index in [0.717, 1.165) is 46.8 Å². The van der Waals surface area contributed by atoms with Crippen molar-refractivity contribution < 1.29 is 15.0 Å². The summed E-state index contributed by atoms with van der Waals surface area (Å²) in [5, 5.41) is 23.7. The molecule has 1 aliphatic carbocycles. The number of nitrogens with one attached hydrogen (secondary N) is 1. The summed E-state index contributed by atoms with van der Waals surface area (Å²) >= 11 is 7.68. The molecule has 1 saturated carbocycles. The van der Waals surface area contributed by atoms with Gasteiger partial charge >= 0.3 is 0 Å². The van der Waals surface area contributed by atoms with Crippen molar-refractivity contribution in [1.29, 1.82) is 0 Å². The zero-order valence-electron chi connectivity index (χ0n) is 16.2. The van der Waals surface area contributed by atoms with Gasteiger partial charge in [-0.2, -0.15) is 4.37 Å². The second-order valence-electron chi connectivity index (χ2n) is 7.90. The number of halogens is 1. The van der Waals surface area contributed by atoms with Gasteiger partial charge in [0.15, 0.2) is 0 Å². The van der Waals surface area contributed by atoms with E-state index in [2.05, 4.69) is 9.69 Å². The molecule has 2 aliphatic rings. The molecule has 0 atom stereocenters. The lowest BCUT2D eigenvalue weighted by Crippen LogP contribution is -2.11. The summed E-state index contributed by atoms with van der Waals surface area (Å²) in [5.41, 5.74) is 4.92. The number of carbonyl (C=O) groups is 1. The molecular formula is C23H19ClN2O3S. The molecule has 0 bridgehead atoms. The molecule has 1 aromatic heterocycles. The number of rotatable bonds is 4. The van der Waals surface area contributed by atoms with Gasteiger partial charge < -0.3 is 15.5 Å². The van der Waals surface area contributed by atoms with Crippen LogP contribution >= 0.6 is 23.1 Å². The highest BCUT2D eigenvalue weighted by Gasteiger charge is 2.43. The fraction of sp³-hybridized carbons (Fsp3) is 0.217. The van der Waals surface area contributed by atoms with Gasteiger partial charge in [0.25, 0.3) is 5.91 Å². The van der Waals surface area contributed by atoms with Crippen molar-refractivity contribution in [3.8, 4) is 11.1 Å². The van der Waals surface area contributed by atoms with Gasteiger partial charge in [-0.05, 0) is 60.6 Å². The molecule has 0 unspecified atom stereocenters. The van der Waals surface area contributed by atoms with Gasteiger partial charge in [0.1, 0.15) is 5.76 Å². The van der Waals surface area contributed by atoms with E-state index >= 15 is 0 Å². The summed E-state index contributed by atoms with van der Waals surface area (Å²) in [6.07, 6.45) is 2.00. The number of aliphatic hydroxyl groups excluding tert-OH is 2. The monoisotopic (exact) mass is 438 g/mol. The highest BCUT2D eigenvalue weighted by Crippen LogP contribution is 2.48. The largest absolute Gasteiger partial charge is 0.506 e. The van der Waals surface area contributed by atoms with Crippen LogP contribution < -0.4 is 5.32 Å². The number of carbonyl (C=O) groups excluding carboxylic acids is 1. The molecule has 5 rings (SSSR count). The number of benzene rings is 2. The molecule has 1 fully saturated rings. The lowest BCUT2D eigenvalue weighted by atomic mass is 9.93. The molecular weight excluding hydrogens is 420 g/mol. The van der Waals surface area contributed by atoms with Crippen LogP contribution in [0, 0.1) is 6.92 Å². The molecule has 1 aliphatic heterocycles. The van der Waals surface area contributed by atoms with Gasteiger partial charge in [0.2, 0.25) is 0 Å². The van der Waals surface area contributed by atoms with E-state index in [4.69, 9.17) is 11.6 Å². The van der Waals surface area contributed by atoms with Crippen molar-refractivity contribution in [1.82, 2.24) is 4.37 Å². The number of aromatic nitrogens is 1. The number of anilines is 1. The molecule has 152 valence electrons. The second-order valence-corrected chi connectivity index (χ2v) is 9.12. The third-order valence-corrected chi connectivity index (χ3v) is 7.11. The van der Waals surface area contributed by atoms with Crippen molar-refractivity contribution in [3.63, 3.8) is 0 Å². The first-order chi connectivity index (χ1) is 14.4. The van der Waals surface area contributed by atoms with Gasteiger partial charge in [0.05, 0.1) is 33.5 Å². The third kappa shape index (κ3) is 3.03. The normalized spacial score (nSPS) is 18.2. The van der Waals surface area contributed by atoms with Crippen LogP contribution in [0.4, 0.5) is 5.69 Å². The Morgan fingerprint density at radius 1 is 1.20 bits per heavy atom. The number of aliphatic hydroxyl groups is 2. The number of fused-ring (bicyclic) bond motifs is 1. The van der Waals surface area contributed by atoms with Crippen LogP contribution in [0.25, 0.3) is 22.5 Å². The Labute approximate surface area is 182 Å². The van der Waals surface area contributed by atoms with Gasteiger partial charge in [-0.1, -0.05) is 35.9 Å². The molecule has 3 aromatic rings. The van der Waals surface area contributed by atoms with E-state index in [1.54, 1.807) is 12.1 Å². The summed E-state index contributed by atoms with van der Waals surface area (Å²) < 4.78 is 4.19. The SMILES string of the molecule is Cc1cc(C(O)=C2C(=O)Nc3cc(Cl)c(-c4ccc(C5(CO)CC5)cc4)cc32)sn1. The van der Waals surface area contributed by atoms with Crippen molar-refractivity contribution in [2.24, 2.45) is 0 Å². The molecule has 2 heterocycles. The molecule has 7 heteroatoms. The van der Waals surface area contributed by atoms with Gasteiger partial charge in [0, 0.05) is 16.5 Å². The molecule has 30 heavy (non-hydrogen) atoms. The molecule has 0 radical (unpaired) electrons. The van der Waals surface area contributed by atoms with Gasteiger partial charge in [-0.3, -0.25) is 4.79 Å². The van der Waals surface area contributed by atoms with Crippen LogP contribution in [0.15, 0.2) is 42.5 Å². The first-order valence-corrected chi connectivity index (χ1v) is 10.8. The predicted molar refractivity (Wildman–Crippen MR) is 120 cm³/mol. The Hall–Kier alpha value is -2.67. The Bertz CT molecular complexity index is 1210. The first-order valence-electron chi connectivity index (χ1n) is 9.66. The fourth-order valence-electron chi connectivity index (χ4n) is 3.94. The predicted octanol–water partition coefficient (Wildman–Crippen LogP) is 5.17. The van der Waals surface area contributed by atoms with Crippen molar-refractivity contribution in [3.05, 3.63) is 69.2 Å². The maximum Gasteiger partial charge on any atom is 0.260 e. The van der Waals surface area contributed by atoms with Crippen molar-refractivity contribution in [2.45, 2.75) is 25.2 Å². The van der Waals surface area contributed by atoms with Crippen LogP contribution in [-0.2, 0) is 10.2 Å². The number of amides is 1. The average Bonchev–Trinajstić information content (AvgIpc) is 3.32. The highest BCUT2D eigenvalue weighted by atomic mass is 35.5.